The molecule has 144 valence electrons. The number of carbonyl (C=O) groups excluding carboxylic acids is 1. The standard InChI is InChI=1S/C21H22N4O2S/c1-4-12-22-19(26)14-28-21-24-23-20(16-7-5-6-15(2)13-16)25(21)17-8-10-18(27-3)11-9-17/h4-11,13H,1,12,14H2,2-3H3,(H,22,26). The smallest absolute Gasteiger partial charge is 0.230 e. The van der Waals surface area contributed by atoms with Crippen LogP contribution in [-0.2, 0) is 4.79 Å². The van der Waals surface area contributed by atoms with Crippen LogP contribution in [0.1, 0.15) is 5.56 Å². The number of methoxy groups -OCH3 is 1. The van der Waals surface area contributed by atoms with Gasteiger partial charge in [0.15, 0.2) is 11.0 Å². The van der Waals surface area contributed by atoms with E-state index in [9.17, 15) is 4.79 Å². The molecule has 1 heterocycles. The Labute approximate surface area is 168 Å². The molecule has 3 rings (SSSR count). The fourth-order valence-corrected chi connectivity index (χ4v) is 3.45. The van der Waals surface area contributed by atoms with Crippen molar-refractivity contribution in [3.05, 3.63) is 66.7 Å². The number of carbonyl (C=O) groups is 1. The van der Waals surface area contributed by atoms with E-state index in [0.29, 0.717) is 11.7 Å². The summed E-state index contributed by atoms with van der Waals surface area (Å²) >= 11 is 1.34. The van der Waals surface area contributed by atoms with Crippen LogP contribution in [0.25, 0.3) is 17.1 Å². The molecular weight excluding hydrogens is 372 g/mol. The molecule has 0 aliphatic carbocycles. The lowest BCUT2D eigenvalue weighted by molar-refractivity contribution is -0.118. The van der Waals surface area contributed by atoms with E-state index in [2.05, 4.69) is 28.2 Å². The largest absolute Gasteiger partial charge is 0.497 e. The predicted molar refractivity (Wildman–Crippen MR) is 112 cm³/mol. The molecule has 0 radical (unpaired) electrons. The summed E-state index contributed by atoms with van der Waals surface area (Å²) in [5.41, 5.74) is 3.00. The van der Waals surface area contributed by atoms with Crippen LogP contribution >= 0.6 is 11.8 Å². The highest BCUT2D eigenvalue weighted by Crippen LogP contribution is 2.29. The molecule has 0 fully saturated rings. The summed E-state index contributed by atoms with van der Waals surface area (Å²) in [4.78, 5) is 12.0. The van der Waals surface area contributed by atoms with E-state index in [1.165, 1.54) is 11.8 Å². The first-order valence-corrected chi connectivity index (χ1v) is 9.78. The number of amides is 1. The van der Waals surface area contributed by atoms with Crippen LogP contribution in [-0.4, -0.2) is 40.1 Å². The van der Waals surface area contributed by atoms with Gasteiger partial charge >= 0.3 is 0 Å². The highest BCUT2D eigenvalue weighted by Gasteiger charge is 2.17. The highest BCUT2D eigenvalue weighted by atomic mass is 32.2. The van der Waals surface area contributed by atoms with Gasteiger partial charge in [0.25, 0.3) is 0 Å². The van der Waals surface area contributed by atoms with Gasteiger partial charge in [-0.3, -0.25) is 9.36 Å². The van der Waals surface area contributed by atoms with E-state index in [-0.39, 0.29) is 11.7 Å². The number of benzene rings is 2. The summed E-state index contributed by atoms with van der Waals surface area (Å²) in [6.07, 6.45) is 1.65. The molecule has 0 saturated heterocycles. The van der Waals surface area contributed by atoms with Gasteiger partial charge in [0.05, 0.1) is 12.9 Å². The minimum absolute atomic E-state index is 0.0775. The van der Waals surface area contributed by atoms with Crippen LogP contribution in [0.15, 0.2) is 66.3 Å². The topological polar surface area (TPSA) is 69.0 Å². The maximum Gasteiger partial charge on any atom is 0.230 e. The Bertz CT molecular complexity index is 967. The average molecular weight is 395 g/mol. The van der Waals surface area contributed by atoms with Crippen LogP contribution in [0, 0.1) is 6.92 Å². The van der Waals surface area contributed by atoms with Crippen molar-refractivity contribution in [1.82, 2.24) is 20.1 Å². The number of hydrogen-bond donors (Lipinski definition) is 1. The number of aryl methyl sites for hydroxylation is 1. The Morgan fingerprint density at radius 2 is 2.04 bits per heavy atom. The van der Waals surface area contributed by atoms with Crippen molar-refractivity contribution in [3.8, 4) is 22.8 Å². The third kappa shape index (κ3) is 4.61. The number of aromatic nitrogens is 3. The SMILES string of the molecule is C=CCNC(=O)CSc1nnc(-c2cccc(C)c2)n1-c1ccc(OC)cc1. The number of ether oxygens (including phenoxy) is 1. The van der Waals surface area contributed by atoms with Gasteiger partial charge < -0.3 is 10.1 Å². The minimum atomic E-state index is -0.0775. The quantitative estimate of drug-likeness (QED) is 0.467. The predicted octanol–water partition coefficient (Wildman–Crippen LogP) is 3.65. The molecule has 1 N–H and O–H groups in total. The maximum absolute atomic E-state index is 12.0. The highest BCUT2D eigenvalue weighted by molar-refractivity contribution is 7.99. The van der Waals surface area contributed by atoms with Gasteiger partial charge in [0, 0.05) is 17.8 Å². The molecule has 0 atom stereocenters. The van der Waals surface area contributed by atoms with Crippen LogP contribution in [0.4, 0.5) is 0 Å². The fourth-order valence-electron chi connectivity index (χ4n) is 2.67. The first kappa shape index (κ1) is 19.7. The lowest BCUT2D eigenvalue weighted by Gasteiger charge is -2.11. The summed E-state index contributed by atoms with van der Waals surface area (Å²) in [7, 11) is 1.63. The van der Waals surface area contributed by atoms with Crippen LogP contribution in [0.3, 0.4) is 0 Å². The van der Waals surface area contributed by atoms with E-state index < -0.39 is 0 Å². The number of nitrogens with zero attached hydrogens (tertiary/aromatic N) is 3. The molecule has 0 bridgehead atoms. The minimum Gasteiger partial charge on any atom is -0.497 e. The second kappa shape index (κ2) is 9.23. The van der Waals surface area contributed by atoms with E-state index >= 15 is 0 Å². The molecule has 0 saturated carbocycles. The normalized spacial score (nSPS) is 10.5. The zero-order chi connectivity index (χ0) is 19.9. The second-order valence-corrected chi connectivity index (χ2v) is 7.03. The Morgan fingerprint density at radius 1 is 1.25 bits per heavy atom. The van der Waals surface area contributed by atoms with Gasteiger partial charge in [-0.1, -0.05) is 41.6 Å². The fraction of sp³-hybridized carbons (Fsp3) is 0.190. The summed E-state index contributed by atoms with van der Waals surface area (Å²) in [5, 5.41) is 12.2. The van der Waals surface area contributed by atoms with E-state index in [4.69, 9.17) is 4.74 Å². The van der Waals surface area contributed by atoms with Gasteiger partial charge in [-0.25, -0.2) is 0 Å². The Morgan fingerprint density at radius 3 is 2.71 bits per heavy atom. The van der Waals surface area contributed by atoms with Gasteiger partial charge in [-0.05, 0) is 37.3 Å². The maximum atomic E-state index is 12.0. The van der Waals surface area contributed by atoms with Crippen LogP contribution in [0.2, 0.25) is 0 Å². The lowest BCUT2D eigenvalue weighted by Crippen LogP contribution is -2.25. The van der Waals surface area contributed by atoms with Gasteiger partial charge in [0.2, 0.25) is 5.91 Å². The van der Waals surface area contributed by atoms with E-state index in [1.54, 1.807) is 13.2 Å². The molecule has 6 nitrogen and oxygen atoms in total. The van der Waals surface area contributed by atoms with E-state index in [0.717, 1.165) is 28.4 Å². The molecule has 1 amide bonds. The summed E-state index contributed by atoms with van der Waals surface area (Å²) in [6.45, 7) is 6.09. The number of hydrogen-bond acceptors (Lipinski definition) is 5. The third-order valence-corrected chi connectivity index (χ3v) is 4.95. The summed E-state index contributed by atoms with van der Waals surface area (Å²) in [6, 6.07) is 15.8. The molecule has 0 aliphatic heterocycles. The Balaban J connectivity index is 1.97. The average Bonchev–Trinajstić information content (AvgIpc) is 3.14. The number of rotatable bonds is 8. The van der Waals surface area contributed by atoms with Crippen molar-refractivity contribution >= 4 is 17.7 Å². The van der Waals surface area contributed by atoms with Crippen LogP contribution in [0.5, 0.6) is 5.75 Å². The summed E-state index contributed by atoms with van der Waals surface area (Å²) < 4.78 is 7.22. The lowest BCUT2D eigenvalue weighted by atomic mass is 10.1. The first-order valence-electron chi connectivity index (χ1n) is 8.79. The first-order chi connectivity index (χ1) is 13.6. The Kier molecular flexibility index (Phi) is 6.49. The van der Waals surface area contributed by atoms with Crippen molar-refractivity contribution in [2.75, 3.05) is 19.4 Å². The van der Waals surface area contributed by atoms with Crippen LogP contribution < -0.4 is 10.1 Å². The number of thioether (sulfide) groups is 1. The second-order valence-electron chi connectivity index (χ2n) is 6.09. The zero-order valence-electron chi connectivity index (χ0n) is 15.9. The third-order valence-electron chi connectivity index (χ3n) is 4.02. The number of nitrogens with one attached hydrogen (secondary N) is 1. The molecule has 0 aliphatic rings. The van der Waals surface area contributed by atoms with Gasteiger partial charge in [-0.15, -0.1) is 16.8 Å². The van der Waals surface area contributed by atoms with Crippen molar-refractivity contribution in [2.24, 2.45) is 0 Å². The zero-order valence-corrected chi connectivity index (χ0v) is 16.7. The molecule has 7 heteroatoms. The molecule has 0 spiro atoms. The molecule has 0 unspecified atom stereocenters. The Hall–Kier alpha value is -3.06. The van der Waals surface area contributed by atoms with Gasteiger partial charge in [0.1, 0.15) is 5.75 Å². The summed E-state index contributed by atoms with van der Waals surface area (Å²) in [5.74, 6) is 1.66. The molecule has 1 aromatic heterocycles. The van der Waals surface area contributed by atoms with Crippen molar-refractivity contribution in [2.45, 2.75) is 12.1 Å². The van der Waals surface area contributed by atoms with Gasteiger partial charge in [-0.2, -0.15) is 0 Å². The molecule has 3 aromatic rings. The molecule has 2 aromatic carbocycles. The van der Waals surface area contributed by atoms with Crippen molar-refractivity contribution < 1.29 is 9.53 Å². The van der Waals surface area contributed by atoms with E-state index in [1.807, 2.05) is 54.0 Å². The van der Waals surface area contributed by atoms with Crippen molar-refractivity contribution in [3.63, 3.8) is 0 Å². The molecular formula is C21H22N4O2S. The molecule has 28 heavy (non-hydrogen) atoms. The van der Waals surface area contributed by atoms with Crippen molar-refractivity contribution in [1.29, 1.82) is 0 Å². The monoisotopic (exact) mass is 394 g/mol.